The van der Waals surface area contributed by atoms with Gasteiger partial charge in [0.1, 0.15) is 17.2 Å². The molecule has 0 aliphatic carbocycles. The monoisotopic (exact) mass is 336 g/mol. The fraction of sp³-hybridized carbons (Fsp3) is 0.250. The fourth-order valence-electron chi connectivity index (χ4n) is 2.01. The molecule has 2 aromatic rings. The summed E-state index contributed by atoms with van der Waals surface area (Å²) >= 11 is 3.48. The van der Waals surface area contributed by atoms with Gasteiger partial charge in [0.2, 0.25) is 0 Å². The van der Waals surface area contributed by atoms with E-state index in [1.807, 2.05) is 37.3 Å². The van der Waals surface area contributed by atoms with Crippen LogP contribution >= 0.6 is 15.9 Å². The molecule has 0 bridgehead atoms. The van der Waals surface area contributed by atoms with Crippen molar-refractivity contribution in [3.05, 3.63) is 52.0 Å². The Hall–Kier alpha value is -1.52. The van der Waals surface area contributed by atoms with E-state index in [-0.39, 0.29) is 0 Å². The first-order chi connectivity index (χ1) is 9.52. The molecule has 0 heterocycles. The number of hydrogen-bond donors (Lipinski definition) is 1. The molecule has 0 amide bonds. The maximum atomic E-state index is 9.94. The van der Waals surface area contributed by atoms with E-state index in [9.17, 15) is 5.11 Å². The molecular formula is C16H17BrO3. The maximum absolute atomic E-state index is 9.94. The number of aliphatic hydroxyl groups is 1. The number of aryl methyl sites for hydroxylation is 1. The Balaban J connectivity index is 2.43. The van der Waals surface area contributed by atoms with E-state index in [0.717, 1.165) is 10.0 Å². The summed E-state index contributed by atoms with van der Waals surface area (Å²) in [5, 5.41) is 9.94. The van der Waals surface area contributed by atoms with Gasteiger partial charge in [0.05, 0.1) is 23.2 Å². The van der Waals surface area contributed by atoms with Crippen LogP contribution in [-0.2, 0) is 0 Å². The van der Waals surface area contributed by atoms with Gasteiger partial charge in [-0.3, -0.25) is 0 Å². The molecule has 0 unspecified atom stereocenters. The Bertz CT molecular complexity index is 609. The molecule has 20 heavy (non-hydrogen) atoms. The summed E-state index contributed by atoms with van der Waals surface area (Å²) in [4.78, 5) is 0. The van der Waals surface area contributed by atoms with Crippen molar-refractivity contribution in [2.24, 2.45) is 0 Å². The van der Waals surface area contributed by atoms with Gasteiger partial charge in [-0.1, -0.05) is 12.1 Å². The SMILES string of the molecule is COc1cccc(Oc2ccc(C)cc2Br)c1[C@@H](C)O. The van der Waals surface area contributed by atoms with Gasteiger partial charge < -0.3 is 14.6 Å². The van der Waals surface area contributed by atoms with Gasteiger partial charge >= 0.3 is 0 Å². The Labute approximate surface area is 127 Å². The molecule has 1 atom stereocenters. The van der Waals surface area contributed by atoms with Crippen molar-refractivity contribution < 1.29 is 14.6 Å². The van der Waals surface area contributed by atoms with E-state index in [0.29, 0.717) is 22.8 Å². The highest BCUT2D eigenvalue weighted by Crippen LogP contribution is 2.38. The van der Waals surface area contributed by atoms with E-state index in [4.69, 9.17) is 9.47 Å². The summed E-state index contributed by atoms with van der Waals surface area (Å²) in [7, 11) is 1.58. The zero-order chi connectivity index (χ0) is 14.7. The second kappa shape index (κ2) is 6.29. The van der Waals surface area contributed by atoms with Crippen molar-refractivity contribution in [1.29, 1.82) is 0 Å². The van der Waals surface area contributed by atoms with Gasteiger partial charge in [-0.2, -0.15) is 0 Å². The third-order valence-electron chi connectivity index (χ3n) is 2.97. The second-order valence-corrected chi connectivity index (χ2v) is 5.44. The van der Waals surface area contributed by atoms with Crippen molar-refractivity contribution in [2.45, 2.75) is 20.0 Å². The number of halogens is 1. The molecule has 3 nitrogen and oxygen atoms in total. The largest absolute Gasteiger partial charge is 0.496 e. The Morgan fingerprint density at radius 3 is 2.40 bits per heavy atom. The maximum Gasteiger partial charge on any atom is 0.141 e. The highest BCUT2D eigenvalue weighted by Gasteiger charge is 2.16. The average molecular weight is 337 g/mol. The van der Waals surface area contributed by atoms with E-state index in [1.54, 1.807) is 20.1 Å². The zero-order valence-corrected chi connectivity index (χ0v) is 13.3. The molecule has 0 saturated heterocycles. The van der Waals surface area contributed by atoms with Gasteiger partial charge in [-0.05, 0) is 59.6 Å². The molecule has 2 rings (SSSR count). The predicted octanol–water partition coefficient (Wildman–Crippen LogP) is 4.61. The first kappa shape index (κ1) is 14.9. The molecule has 0 aliphatic heterocycles. The van der Waals surface area contributed by atoms with Crippen molar-refractivity contribution in [2.75, 3.05) is 7.11 Å². The molecule has 0 fully saturated rings. The second-order valence-electron chi connectivity index (χ2n) is 4.58. The van der Waals surface area contributed by atoms with Crippen LogP contribution in [-0.4, -0.2) is 12.2 Å². The van der Waals surface area contributed by atoms with E-state index >= 15 is 0 Å². The average Bonchev–Trinajstić information content (AvgIpc) is 2.41. The number of aliphatic hydroxyl groups excluding tert-OH is 1. The Morgan fingerprint density at radius 2 is 1.80 bits per heavy atom. The van der Waals surface area contributed by atoms with Crippen molar-refractivity contribution >= 4 is 15.9 Å². The first-order valence-electron chi connectivity index (χ1n) is 6.32. The number of hydrogen-bond acceptors (Lipinski definition) is 3. The summed E-state index contributed by atoms with van der Waals surface area (Å²) in [5.41, 5.74) is 1.79. The van der Waals surface area contributed by atoms with Crippen molar-refractivity contribution in [3.8, 4) is 17.2 Å². The van der Waals surface area contributed by atoms with Gasteiger partial charge in [0, 0.05) is 0 Å². The number of methoxy groups -OCH3 is 1. The molecule has 2 aromatic carbocycles. The minimum absolute atomic E-state index is 0.587. The lowest BCUT2D eigenvalue weighted by Crippen LogP contribution is -2.00. The quantitative estimate of drug-likeness (QED) is 0.885. The summed E-state index contributed by atoms with van der Waals surface area (Å²) < 4.78 is 12.1. The Morgan fingerprint density at radius 1 is 1.10 bits per heavy atom. The normalized spacial score (nSPS) is 12.1. The minimum atomic E-state index is -0.676. The lowest BCUT2D eigenvalue weighted by Gasteiger charge is -2.17. The van der Waals surface area contributed by atoms with Crippen LogP contribution in [0.1, 0.15) is 24.2 Å². The molecule has 0 radical (unpaired) electrons. The van der Waals surface area contributed by atoms with Crippen LogP contribution in [0.5, 0.6) is 17.2 Å². The highest BCUT2D eigenvalue weighted by atomic mass is 79.9. The van der Waals surface area contributed by atoms with Gasteiger partial charge in [-0.15, -0.1) is 0 Å². The molecule has 0 aliphatic rings. The van der Waals surface area contributed by atoms with Crippen LogP contribution < -0.4 is 9.47 Å². The molecule has 0 saturated carbocycles. The van der Waals surface area contributed by atoms with Gasteiger partial charge in [-0.25, -0.2) is 0 Å². The topological polar surface area (TPSA) is 38.7 Å². The summed E-state index contributed by atoms with van der Waals surface area (Å²) in [6.07, 6.45) is -0.676. The van der Waals surface area contributed by atoms with Crippen LogP contribution in [0.2, 0.25) is 0 Å². The highest BCUT2D eigenvalue weighted by molar-refractivity contribution is 9.10. The number of ether oxygens (including phenoxy) is 2. The molecule has 4 heteroatoms. The standard InChI is InChI=1S/C16H17BrO3/c1-10-7-8-13(12(17)9-10)20-15-6-4-5-14(19-3)16(15)11(2)18/h4-9,11,18H,1-3H3/t11-/m1/s1. The molecule has 0 aromatic heterocycles. The minimum Gasteiger partial charge on any atom is -0.496 e. The smallest absolute Gasteiger partial charge is 0.141 e. The third-order valence-corrected chi connectivity index (χ3v) is 3.59. The van der Waals surface area contributed by atoms with Gasteiger partial charge in [0.15, 0.2) is 0 Å². The number of rotatable bonds is 4. The lowest BCUT2D eigenvalue weighted by molar-refractivity contribution is 0.190. The van der Waals surface area contributed by atoms with Crippen LogP contribution in [0.15, 0.2) is 40.9 Å². The summed E-state index contributed by atoms with van der Waals surface area (Å²) in [6.45, 7) is 3.70. The van der Waals surface area contributed by atoms with E-state index in [1.165, 1.54) is 0 Å². The van der Waals surface area contributed by atoms with Crippen LogP contribution in [0.3, 0.4) is 0 Å². The molecule has 0 spiro atoms. The van der Waals surface area contributed by atoms with E-state index in [2.05, 4.69) is 15.9 Å². The summed E-state index contributed by atoms with van der Waals surface area (Å²) in [5.74, 6) is 1.90. The van der Waals surface area contributed by atoms with Gasteiger partial charge in [0.25, 0.3) is 0 Å². The van der Waals surface area contributed by atoms with Crippen LogP contribution in [0.25, 0.3) is 0 Å². The predicted molar refractivity (Wildman–Crippen MR) is 82.6 cm³/mol. The van der Waals surface area contributed by atoms with Crippen LogP contribution in [0.4, 0.5) is 0 Å². The van der Waals surface area contributed by atoms with Crippen LogP contribution in [0, 0.1) is 6.92 Å². The lowest BCUT2D eigenvalue weighted by atomic mass is 10.1. The first-order valence-corrected chi connectivity index (χ1v) is 7.11. The van der Waals surface area contributed by atoms with Crippen molar-refractivity contribution in [1.82, 2.24) is 0 Å². The fourth-order valence-corrected chi connectivity index (χ4v) is 2.58. The zero-order valence-electron chi connectivity index (χ0n) is 11.7. The van der Waals surface area contributed by atoms with Crippen molar-refractivity contribution in [3.63, 3.8) is 0 Å². The molecule has 1 N–H and O–H groups in total. The molecular weight excluding hydrogens is 320 g/mol. The molecule has 106 valence electrons. The number of benzene rings is 2. The summed E-state index contributed by atoms with van der Waals surface area (Å²) in [6, 6.07) is 11.3. The Kier molecular flexibility index (Phi) is 4.68. The van der Waals surface area contributed by atoms with E-state index < -0.39 is 6.10 Å². The third kappa shape index (κ3) is 3.14.